The van der Waals surface area contributed by atoms with Crippen molar-refractivity contribution in [3.05, 3.63) is 29.8 Å². The van der Waals surface area contributed by atoms with Crippen LogP contribution in [0.2, 0.25) is 0 Å². The molecule has 1 unspecified atom stereocenters. The third-order valence-corrected chi connectivity index (χ3v) is 4.64. The van der Waals surface area contributed by atoms with Crippen molar-refractivity contribution in [2.45, 2.75) is 25.8 Å². The van der Waals surface area contributed by atoms with Crippen LogP contribution in [0, 0.1) is 0 Å². The lowest BCUT2D eigenvalue weighted by Crippen LogP contribution is -2.36. The number of fused-ring (bicyclic) bond motifs is 1. The third-order valence-electron chi connectivity index (χ3n) is 3.25. The van der Waals surface area contributed by atoms with Crippen LogP contribution in [0.4, 0.5) is 0 Å². The zero-order chi connectivity index (χ0) is 14.4. The van der Waals surface area contributed by atoms with Crippen LogP contribution in [-0.2, 0) is 10.0 Å². The number of ether oxygens (including phenoxy) is 1. The Hall–Kier alpha value is -1.11. The Kier molecular flexibility index (Phi) is 5.39. The van der Waals surface area contributed by atoms with Crippen LogP contribution in [-0.4, -0.2) is 33.9 Å². The maximum Gasteiger partial charge on any atom is 0.213 e. The molecular weight excluding hydrogens is 276 g/mol. The molecule has 1 aromatic carbocycles. The van der Waals surface area contributed by atoms with Gasteiger partial charge in [-0.3, -0.25) is 0 Å². The maximum absolute atomic E-state index is 12.1. The SMILES string of the molecule is CCCNCCS(=O)(=O)NC1CCOc2ccccc21. The first-order chi connectivity index (χ1) is 9.62. The van der Waals surface area contributed by atoms with E-state index in [1.54, 1.807) is 0 Å². The molecule has 2 N–H and O–H groups in total. The van der Waals surface area contributed by atoms with Gasteiger partial charge in [0.1, 0.15) is 5.75 Å². The van der Waals surface area contributed by atoms with Gasteiger partial charge in [-0.25, -0.2) is 13.1 Å². The van der Waals surface area contributed by atoms with E-state index in [-0.39, 0.29) is 11.8 Å². The minimum absolute atomic E-state index is 0.104. The number of hydrogen-bond donors (Lipinski definition) is 2. The Morgan fingerprint density at radius 2 is 2.10 bits per heavy atom. The molecule has 0 fully saturated rings. The molecule has 0 amide bonds. The van der Waals surface area contributed by atoms with Gasteiger partial charge in [0.15, 0.2) is 0 Å². The summed E-state index contributed by atoms with van der Waals surface area (Å²) in [4.78, 5) is 0. The summed E-state index contributed by atoms with van der Waals surface area (Å²) in [6, 6.07) is 7.40. The molecule has 20 heavy (non-hydrogen) atoms. The highest BCUT2D eigenvalue weighted by Gasteiger charge is 2.25. The van der Waals surface area contributed by atoms with Gasteiger partial charge in [0.2, 0.25) is 10.0 Å². The van der Waals surface area contributed by atoms with Gasteiger partial charge in [0.25, 0.3) is 0 Å². The van der Waals surface area contributed by atoms with Crippen LogP contribution in [0.3, 0.4) is 0 Å². The highest BCUT2D eigenvalue weighted by molar-refractivity contribution is 7.89. The molecule has 0 spiro atoms. The van der Waals surface area contributed by atoms with Crippen LogP contribution in [0.5, 0.6) is 5.75 Å². The Morgan fingerprint density at radius 1 is 1.30 bits per heavy atom. The van der Waals surface area contributed by atoms with Gasteiger partial charge in [-0.1, -0.05) is 25.1 Å². The zero-order valence-electron chi connectivity index (χ0n) is 11.8. The van der Waals surface area contributed by atoms with Gasteiger partial charge in [-0.05, 0) is 19.0 Å². The van der Waals surface area contributed by atoms with Gasteiger partial charge < -0.3 is 10.1 Å². The van der Waals surface area contributed by atoms with Gasteiger partial charge in [0, 0.05) is 18.5 Å². The molecule has 6 heteroatoms. The van der Waals surface area contributed by atoms with Crippen LogP contribution < -0.4 is 14.8 Å². The second-order valence-corrected chi connectivity index (χ2v) is 6.79. The standard InChI is InChI=1S/C14H22N2O3S/c1-2-8-15-9-11-20(17,18)16-13-7-10-19-14-6-4-3-5-12(13)14/h3-6,13,15-16H,2,7-11H2,1H3. The molecule has 0 saturated carbocycles. The molecule has 1 aliphatic rings. The fraction of sp³-hybridized carbons (Fsp3) is 0.571. The van der Waals surface area contributed by atoms with E-state index in [0.717, 1.165) is 24.3 Å². The van der Waals surface area contributed by atoms with Crippen molar-refractivity contribution in [3.63, 3.8) is 0 Å². The van der Waals surface area contributed by atoms with Crippen molar-refractivity contribution in [2.75, 3.05) is 25.4 Å². The van der Waals surface area contributed by atoms with Crippen molar-refractivity contribution in [2.24, 2.45) is 0 Å². The molecule has 0 bridgehead atoms. The molecular formula is C14H22N2O3S. The van der Waals surface area contributed by atoms with Crippen molar-refractivity contribution in [1.82, 2.24) is 10.0 Å². The summed E-state index contributed by atoms with van der Waals surface area (Å²) in [5, 5.41) is 3.10. The van der Waals surface area contributed by atoms with Crippen molar-refractivity contribution in [1.29, 1.82) is 0 Å². The van der Waals surface area contributed by atoms with Gasteiger partial charge >= 0.3 is 0 Å². The predicted octanol–water partition coefficient (Wildman–Crippen LogP) is 1.43. The molecule has 0 radical (unpaired) electrons. The lowest BCUT2D eigenvalue weighted by atomic mass is 10.0. The lowest BCUT2D eigenvalue weighted by molar-refractivity contribution is 0.263. The van der Waals surface area contributed by atoms with Crippen molar-refractivity contribution >= 4 is 10.0 Å². The smallest absolute Gasteiger partial charge is 0.213 e. The molecule has 1 atom stereocenters. The summed E-state index contributed by atoms with van der Waals surface area (Å²) in [5.74, 6) is 0.877. The molecule has 1 heterocycles. The number of sulfonamides is 1. The van der Waals surface area contributed by atoms with E-state index >= 15 is 0 Å². The van der Waals surface area contributed by atoms with Crippen LogP contribution in [0.15, 0.2) is 24.3 Å². The normalized spacial score (nSPS) is 18.4. The number of para-hydroxylation sites is 1. The molecule has 2 rings (SSSR count). The van der Waals surface area contributed by atoms with E-state index in [1.165, 1.54) is 0 Å². The summed E-state index contributed by atoms with van der Waals surface area (Å²) < 4.78 is 32.5. The Bertz CT molecular complexity index is 531. The second kappa shape index (κ2) is 7.06. The monoisotopic (exact) mass is 298 g/mol. The Balaban J connectivity index is 1.96. The molecule has 0 aromatic heterocycles. The fourth-order valence-electron chi connectivity index (χ4n) is 2.25. The number of benzene rings is 1. The van der Waals surface area contributed by atoms with E-state index < -0.39 is 10.0 Å². The highest BCUT2D eigenvalue weighted by atomic mass is 32.2. The maximum atomic E-state index is 12.1. The highest BCUT2D eigenvalue weighted by Crippen LogP contribution is 2.31. The average molecular weight is 298 g/mol. The molecule has 1 aromatic rings. The molecule has 1 aliphatic heterocycles. The lowest BCUT2D eigenvalue weighted by Gasteiger charge is -2.26. The second-order valence-electron chi connectivity index (χ2n) is 4.91. The number of nitrogens with one attached hydrogen (secondary N) is 2. The zero-order valence-corrected chi connectivity index (χ0v) is 12.6. The summed E-state index contributed by atoms with van der Waals surface area (Å²) in [6.07, 6.45) is 1.67. The minimum atomic E-state index is -3.27. The largest absolute Gasteiger partial charge is 0.493 e. The van der Waals surface area contributed by atoms with Crippen LogP contribution in [0.25, 0.3) is 0 Å². The topological polar surface area (TPSA) is 67.4 Å². The summed E-state index contributed by atoms with van der Waals surface area (Å²) >= 11 is 0. The van der Waals surface area contributed by atoms with Crippen molar-refractivity contribution in [3.8, 4) is 5.75 Å². The Labute approximate surface area is 120 Å². The van der Waals surface area contributed by atoms with E-state index in [2.05, 4.69) is 17.0 Å². The quantitative estimate of drug-likeness (QED) is 0.747. The average Bonchev–Trinajstić information content (AvgIpc) is 2.44. The minimum Gasteiger partial charge on any atom is -0.493 e. The van der Waals surface area contributed by atoms with Crippen molar-refractivity contribution < 1.29 is 13.2 Å². The summed E-state index contributed by atoms with van der Waals surface area (Å²) in [7, 11) is -3.27. The summed E-state index contributed by atoms with van der Waals surface area (Å²) in [6.45, 7) is 3.92. The van der Waals surface area contributed by atoms with Crippen LogP contribution >= 0.6 is 0 Å². The van der Waals surface area contributed by atoms with Crippen LogP contribution in [0.1, 0.15) is 31.4 Å². The van der Waals surface area contributed by atoms with E-state index in [9.17, 15) is 8.42 Å². The third kappa shape index (κ3) is 4.19. The Morgan fingerprint density at radius 3 is 2.90 bits per heavy atom. The number of rotatable bonds is 7. The first-order valence-electron chi connectivity index (χ1n) is 7.05. The first-order valence-corrected chi connectivity index (χ1v) is 8.70. The van der Waals surface area contributed by atoms with Gasteiger partial charge in [0.05, 0.1) is 18.4 Å². The summed E-state index contributed by atoms with van der Waals surface area (Å²) in [5.41, 5.74) is 0.920. The van der Waals surface area contributed by atoms with Gasteiger partial charge in [-0.2, -0.15) is 0 Å². The van der Waals surface area contributed by atoms with E-state index in [0.29, 0.717) is 19.6 Å². The van der Waals surface area contributed by atoms with Gasteiger partial charge in [-0.15, -0.1) is 0 Å². The fourth-order valence-corrected chi connectivity index (χ4v) is 3.46. The number of hydrogen-bond acceptors (Lipinski definition) is 4. The first kappa shape index (κ1) is 15.3. The van der Waals surface area contributed by atoms with E-state index in [1.807, 2.05) is 24.3 Å². The van der Waals surface area contributed by atoms with E-state index in [4.69, 9.17) is 4.74 Å². The predicted molar refractivity (Wildman–Crippen MR) is 79.4 cm³/mol. The molecule has 0 saturated heterocycles. The molecule has 5 nitrogen and oxygen atoms in total. The molecule has 0 aliphatic carbocycles. The molecule has 112 valence electrons.